The Hall–Kier alpha value is -2.90. The highest BCUT2D eigenvalue weighted by molar-refractivity contribution is 7.89. The summed E-state index contributed by atoms with van der Waals surface area (Å²) in [7, 11) is -2.19. The number of carbonyl (C=O) groups is 1. The van der Waals surface area contributed by atoms with Crippen molar-refractivity contribution in [2.75, 3.05) is 20.2 Å². The fraction of sp³-hybridized carbons (Fsp3) is 0.190. The summed E-state index contributed by atoms with van der Waals surface area (Å²) >= 11 is 0. The first-order chi connectivity index (χ1) is 13.4. The summed E-state index contributed by atoms with van der Waals surface area (Å²) in [5.41, 5.74) is 1.26. The van der Waals surface area contributed by atoms with Crippen molar-refractivity contribution in [1.29, 1.82) is 0 Å². The number of methoxy groups -OCH3 is 1. The van der Waals surface area contributed by atoms with Crippen molar-refractivity contribution in [3.63, 3.8) is 0 Å². The largest absolute Gasteiger partial charge is 0.497 e. The van der Waals surface area contributed by atoms with E-state index in [1.54, 1.807) is 42.5 Å². The van der Waals surface area contributed by atoms with E-state index in [2.05, 4.69) is 18.5 Å². The first-order valence-corrected chi connectivity index (χ1v) is 10.1. The number of nitrogens with zero attached hydrogens (tertiary/aromatic N) is 1. The molecule has 1 amide bonds. The van der Waals surface area contributed by atoms with Crippen LogP contribution in [0.25, 0.3) is 0 Å². The van der Waals surface area contributed by atoms with Crippen molar-refractivity contribution in [1.82, 2.24) is 9.62 Å². The molecular formula is C21H24N2O4S. The Labute approximate surface area is 166 Å². The van der Waals surface area contributed by atoms with Crippen molar-refractivity contribution >= 4 is 15.9 Å². The molecule has 0 fully saturated rings. The number of nitrogens with one attached hydrogen (secondary N) is 1. The number of ether oxygens (including phenoxy) is 1. The maximum atomic E-state index is 13.0. The highest BCUT2D eigenvalue weighted by atomic mass is 32.2. The lowest BCUT2D eigenvalue weighted by Gasteiger charge is -2.21. The minimum Gasteiger partial charge on any atom is -0.497 e. The van der Waals surface area contributed by atoms with Gasteiger partial charge in [-0.3, -0.25) is 4.79 Å². The molecular weight excluding hydrogens is 376 g/mol. The van der Waals surface area contributed by atoms with E-state index in [1.807, 2.05) is 0 Å². The first kappa shape index (κ1) is 21.4. The Morgan fingerprint density at radius 2 is 1.71 bits per heavy atom. The van der Waals surface area contributed by atoms with E-state index in [4.69, 9.17) is 4.74 Å². The van der Waals surface area contributed by atoms with Gasteiger partial charge in [-0.25, -0.2) is 8.42 Å². The van der Waals surface area contributed by atoms with E-state index in [0.717, 1.165) is 5.56 Å². The average molecular weight is 401 g/mol. The third-order valence-corrected chi connectivity index (χ3v) is 5.84. The Kier molecular flexibility index (Phi) is 7.54. The molecule has 0 spiro atoms. The average Bonchev–Trinajstić information content (AvgIpc) is 2.72. The van der Waals surface area contributed by atoms with Gasteiger partial charge in [0.05, 0.1) is 12.0 Å². The number of carbonyl (C=O) groups excluding carboxylic acids is 1. The third kappa shape index (κ3) is 5.31. The van der Waals surface area contributed by atoms with Crippen LogP contribution >= 0.6 is 0 Å². The quantitative estimate of drug-likeness (QED) is 0.622. The van der Waals surface area contributed by atoms with Gasteiger partial charge < -0.3 is 10.1 Å². The van der Waals surface area contributed by atoms with E-state index in [1.165, 1.54) is 29.6 Å². The Morgan fingerprint density at radius 3 is 2.25 bits per heavy atom. The zero-order chi connectivity index (χ0) is 20.6. The smallest absolute Gasteiger partial charge is 0.251 e. The summed E-state index contributed by atoms with van der Waals surface area (Å²) in [5.74, 6) is 0.375. The van der Waals surface area contributed by atoms with Crippen LogP contribution in [0.4, 0.5) is 0 Å². The molecule has 0 aliphatic rings. The molecule has 2 aromatic rings. The van der Waals surface area contributed by atoms with Crippen LogP contribution in [0.15, 0.2) is 78.7 Å². The molecule has 7 heteroatoms. The molecule has 0 unspecified atom stereocenters. The standard InChI is InChI=1S/C21H24N2O4S/c1-4-14-22-21(24)18-8-6-17(7-9-18)16-23(15-5-2)28(25,26)20-12-10-19(27-3)11-13-20/h4-13H,1-2,14-16H2,3H3,(H,22,24). The topological polar surface area (TPSA) is 75.7 Å². The number of hydrogen-bond donors (Lipinski definition) is 1. The van der Waals surface area contributed by atoms with E-state index >= 15 is 0 Å². The molecule has 0 heterocycles. The van der Waals surface area contributed by atoms with Crippen LogP contribution in [0.5, 0.6) is 5.75 Å². The van der Waals surface area contributed by atoms with Gasteiger partial charge in [-0.2, -0.15) is 4.31 Å². The minimum atomic E-state index is -3.71. The summed E-state index contributed by atoms with van der Waals surface area (Å²) in [4.78, 5) is 12.1. The van der Waals surface area contributed by atoms with E-state index in [-0.39, 0.29) is 23.9 Å². The minimum absolute atomic E-state index is 0.162. The normalized spacial score (nSPS) is 11.1. The molecule has 0 saturated heterocycles. The second kappa shape index (κ2) is 9.87. The molecule has 2 rings (SSSR count). The molecule has 0 aliphatic heterocycles. The summed E-state index contributed by atoms with van der Waals surface area (Å²) in [6, 6.07) is 13.0. The number of amides is 1. The van der Waals surface area contributed by atoms with Gasteiger partial charge in [0.1, 0.15) is 5.75 Å². The number of benzene rings is 2. The number of hydrogen-bond acceptors (Lipinski definition) is 4. The van der Waals surface area contributed by atoms with Crippen LogP contribution < -0.4 is 10.1 Å². The lowest BCUT2D eigenvalue weighted by Crippen LogP contribution is -2.31. The molecule has 0 saturated carbocycles. The zero-order valence-corrected chi connectivity index (χ0v) is 16.6. The van der Waals surface area contributed by atoms with Crippen molar-refractivity contribution in [3.8, 4) is 5.75 Å². The second-order valence-electron chi connectivity index (χ2n) is 5.96. The molecule has 0 bridgehead atoms. The lowest BCUT2D eigenvalue weighted by molar-refractivity contribution is 0.0958. The Bertz CT molecular complexity index is 920. The van der Waals surface area contributed by atoms with E-state index < -0.39 is 10.0 Å². The maximum absolute atomic E-state index is 13.0. The summed E-state index contributed by atoms with van der Waals surface area (Å²) in [5, 5.41) is 2.70. The van der Waals surface area contributed by atoms with Crippen LogP contribution in [0.1, 0.15) is 15.9 Å². The first-order valence-electron chi connectivity index (χ1n) is 8.65. The van der Waals surface area contributed by atoms with Gasteiger partial charge in [0.2, 0.25) is 10.0 Å². The fourth-order valence-electron chi connectivity index (χ4n) is 2.52. The van der Waals surface area contributed by atoms with Gasteiger partial charge in [-0.05, 0) is 42.0 Å². The van der Waals surface area contributed by atoms with Crippen LogP contribution in [-0.4, -0.2) is 38.8 Å². The van der Waals surface area contributed by atoms with E-state index in [9.17, 15) is 13.2 Å². The van der Waals surface area contributed by atoms with Crippen LogP contribution in [0.3, 0.4) is 0 Å². The summed E-state index contributed by atoms with van der Waals surface area (Å²) in [6.45, 7) is 7.92. The second-order valence-corrected chi connectivity index (χ2v) is 7.90. The predicted molar refractivity (Wildman–Crippen MR) is 110 cm³/mol. The molecule has 2 aromatic carbocycles. The monoisotopic (exact) mass is 400 g/mol. The molecule has 0 radical (unpaired) electrons. The van der Waals surface area contributed by atoms with Gasteiger partial charge in [0.15, 0.2) is 0 Å². The van der Waals surface area contributed by atoms with Crippen molar-refractivity contribution < 1.29 is 17.9 Å². The molecule has 0 aromatic heterocycles. The highest BCUT2D eigenvalue weighted by Gasteiger charge is 2.23. The number of rotatable bonds is 10. The number of sulfonamides is 1. The van der Waals surface area contributed by atoms with Gasteiger partial charge in [0, 0.05) is 25.2 Å². The van der Waals surface area contributed by atoms with Crippen LogP contribution in [0, 0.1) is 0 Å². The highest BCUT2D eigenvalue weighted by Crippen LogP contribution is 2.21. The zero-order valence-electron chi connectivity index (χ0n) is 15.8. The Balaban J connectivity index is 2.20. The van der Waals surface area contributed by atoms with E-state index in [0.29, 0.717) is 17.9 Å². The molecule has 1 N–H and O–H groups in total. The summed E-state index contributed by atoms with van der Waals surface area (Å²) in [6.07, 6.45) is 3.14. The molecule has 0 aliphatic carbocycles. The van der Waals surface area contributed by atoms with Crippen LogP contribution in [-0.2, 0) is 16.6 Å². The van der Waals surface area contributed by atoms with Gasteiger partial charge >= 0.3 is 0 Å². The van der Waals surface area contributed by atoms with Crippen molar-refractivity contribution in [2.45, 2.75) is 11.4 Å². The predicted octanol–water partition coefficient (Wildman–Crippen LogP) is 2.99. The molecule has 28 heavy (non-hydrogen) atoms. The molecule has 0 atom stereocenters. The maximum Gasteiger partial charge on any atom is 0.251 e. The van der Waals surface area contributed by atoms with Crippen molar-refractivity contribution in [2.24, 2.45) is 0 Å². The van der Waals surface area contributed by atoms with Crippen molar-refractivity contribution in [3.05, 3.63) is 85.0 Å². The summed E-state index contributed by atoms with van der Waals surface area (Å²) < 4.78 is 32.4. The SMILES string of the molecule is C=CCNC(=O)c1ccc(CN(CC=C)S(=O)(=O)c2ccc(OC)cc2)cc1. The molecule has 148 valence electrons. The van der Waals surface area contributed by atoms with Gasteiger partial charge in [0.25, 0.3) is 5.91 Å². The van der Waals surface area contributed by atoms with Gasteiger partial charge in [-0.1, -0.05) is 24.3 Å². The lowest BCUT2D eigenvalue weighted by atomic mass is 10.1. The fourth-order valence-corrected chi connectivity index (χ4v) is 3.92. The Morgan fingerprint density at radius 1 is 1.07 bits per heavy atom. The third-order valence-electron chi connectivity index (χ3n) is 4.01. The van der Waals surface area contributed by atoms with Crippen LogP contribution in [0.2, 0.25) is 0 Å². The van der Waals surface area contributed by atoms with Gasteiger partial charge in [-0.15, -0.1) is 13.2 Å². The molecule has 6 nitrogen and oxygen atoms in total.